The zero-order valence-corrected chi connectivity index (χ0v) is 16.8. The highest BCUT2D eigenvalue weighted by Crippen LogP contribution is 2.31. The molecule has 1 heterocycles. The minimum absolute atomic E-state index is 0.0748. The summed E-state index contributed by atoms with van der Waals surface area (Å²) in [6.45, 7) is 0.322. The van der Waals surface area contributed by atoms with E-state index in [0.717, 1.165) is 23.7 Å². The molecule has 0 spiro atoms. The second-order valence-corrected chi connectivity index (χ2v) is 7.83. The van der Waals surface area contributed by atoms with Gasteiger partial charge in [-0.1, -0.05) is 12.1 Å². The number of fused-ring (bicyclic) bond motifs is 3. The van der Waals surface area contributed by atoms with Crippen molar-refractivity contribution in [3.63, 3.8) is 0 Å². The molecule has 6 heteroatoms. The summed E-state index contributed by atoms with van der Waals surface area (Å²) in [5.74, 6) is -0.215. The molecule has 0 saturated heterocycles. The highest BCUT2D eigenvalue weighted by Gasteiger charge is 2.19. The number of para-hydroxylation sites is 1. The van der Waals surface area contributed by atoms with Gasteiger partial charge >= 0.3 is 0 Å². The lowest BCUT2D eigenvalue weighted by molar-refractivity contribution is -0.116. The zero-order chi connectivity index (χ0) is 20.4. The molecule has 150 valence electrons. The van der Waals surface area contributed by atoms with Gasteiger partial charge in [0.15, 0.2) is 0 Å². The number of likely N-dealkylation sites (N-methyl/N-ethyl adjacent to an activating group) is 1. The van der Waals surface area contributed by atoms with E-state index in [1.54, 1.807) is 24.3 Å². The molecule has 0 bridgehead atoms. The van der Waals surface area contributed by atoms with Crippen LogP contribution in [0.2, 0.25) is 0 Å². The molecule has 6 nitrogen and oxygen atoms in total. The summed E-state index contributed by atoms with van der Waals surface area (Å²) in [6, 6.07) is 13.1. The Bertz CT molecular complexity index is 1050. The average molecular weight is 390 g/mol. The third-order valence-electron chi connectivity index (χ3n) is 5.26. The lowest BCUT2D eigenvalue weighted by Crippen LogP contribution is -2.27. The van der Waals surface area contributed by atoms with E-state index in [9.17, 15) is 9.59 Å². The number of nitrogens with zero attached hydrogens (tertiary/aromatic N) is 1. The fraction of sp³-hybridized carbons (Fsp3) is 0.304. The summed E-state index contributed by atoms with van der Waals surface area (Å²) in [7, 11) is 3.69. The van der Waals surface area contributed by atoms with Crippen molar-refractivity contribution in [2.24, 2.45) is 0 Å². The van der Waals surface area contributed by atoms with Gasteiger partial charge in [-0.25, -0.2) is 0 Å². The quantitative estimate of drug-likeness (QED) is 0.620. The Hall–Kier alpha value is -3.12. The molecule has 3 N–H and O–H groups in total. The van der Waals surface area contributed by atoms with Crippen LogP contribution in [0.15, 0.2) is 42.5 Å². The van der Waals surface area contributed by atoms with Crippen molar-refractivity contribution < 1.29 is 9.59 Å². The van der Waals surface area contributed by atoms with E-state index in [0.29, 0.717) is 23.5 Å². The van der Waals surface area contributed by atoms with Gasteiger partial charge in [0, 0.05) is 22.5 Å². The fourth-order valence-corrected chi connectivity index (χ4v) is 3.94. The molecule has 4 rings (SSSR count). The Kier molecular flexibility index (Phi) is 5.36. The summed E-state index contributed by atoms with van der Waals surface area (Å²) in [5.41, 5.74) is 5.59. The number of carbonyl (C=O) groups excluding carboxylic acids is 2. The zero-order valence-electron chi connectivity index (χ0n) is 16.8. The van der Waals surface area contributed by atoms with Gasteiger partial charge in [-0.15, -0.1) is 0 Å². The molecule has 2 aromatic carbocycles. The number of anilines is 2. The van der Waals surface area contributed by atoms with Crippen molar-refractivity contribution in [1.82, 2.24) is 9.88 Å². The van der Waals surface area contributed by atoms with Crippen LogP contribution in [0.1, 0.15) is 34.5 Å². The summed E-state index contributed by atoms with van der Waals surface area (Å²) in [6.07, 6.45) is 4.51. The van der Waals surface area contributed by atoms with Gasteiger partial charge < -0.3 is 20.5 Å². The van der Waals surface area contributed by atoms with Gasteiger partial charge in [0.05, 0.1) is 17.6 Å². The van der Waals surface area contributed by atoms with E-state index < -0.39 is 0 Å². The topological polar surface area (TPSA) is 77.2 Å². The number of aromatic amines is 1. The summed E-state index contributed by atoms with van der Waals surface area (Å²) >= 11 is 0. The molecular weight excluding hydrogens is 364 g/mol. The molecule has 0 unspecified atom stereocenters. The normalized spacial score (nSPS) is 13.3. The molecule has 1 aromatic heterocycles. The van der Waals surface area contributed by atoms with Crippen LogP contribution in [0.25, 0.3) is 10.9 Å². The van der Waals surface area contributed by atoms with Gasteiger partial charge in [0.1, 0.15) is 0 Å². The molecule has 1 aliphatic carbocycles. The molecule has 0 atom stereocenters. The van der Waals surface area contributed by atoms with Gasteiger partial charge in [-0.05, 0) is 75.7 Å². The number of benzene rings is 2. The molecule has 29 heavy (non-hydrogen) atoms. The summed E-state index contributed by atoms with van der Waals surface area (Å²) in [5, 5.41) is 6.96. The number of carbonyl (C=O) groups is 2. The highest BCUT2D eigenvalue weighted by atomic mass is 16.2. The SMILES string of the molecule is CN(C)CC(=O)Nc1ccc(NC(=O)c2cccc3c4c([nH]c23)CCCC4)cc1. The van der Waals surface area contributed by atoms with E-state index in [2.05, 4.69) is 21.7 Å². The molecule has 0 radical (unpaired) electrons. The highest BCUT2D eigenvalue weighted by molar-refractivity contribution is 6.12. The smallest absolute Gasteiger partial charge is 0.257 e. The largest absolute Gasteiger partial charge is 0.358 e. The fourth-order valence-electron chi connectivity index (χ4n) is 3.94. The summed E-state index contributed by atoms with van der Waals surface area (Å²) in [4.78, 5) is 30.1. The summed E-state index contributed by atoms with van der Waals surface area (Å²) < 4.78 is 0. The van der Waals surface area contributed by atoms with E-state index in [1.807, 2.05) is 31.1 Å². The van der Waals surface area contributed by atoms with Gasteiger partial charge in [0.2, 0.25) is 5.91 Å². The molecule has 2 amide bonds. The Morgan fingerprint density at radius 3 is 2.38 bits per heavy atom. The first kappa shape index (κ1) is 19.2. The van der Waals surface area contributed by atoms with Crippen molar-refractivity contribution in [2.75, 3.05) is 31.3 Å². The maximum absolute atomic E-state index is 12.9. The van der Waals surface area contributed by atoms with Crippen LogP contribution in [0.3, 0.4) is 0 Å². The number of rotatable bonds is 5. The number of hydrogen-bond acceptors (Lipinski definition) is 3. The Morgan fingerprint density at radius 1 is 0.966 bits per heavy atom. The molecule has 0 saturated carbocycles. The molecule has 3 aromatic rings. The van der Waals surface area contributed by atoms with Crippen LogP contribution in [0.4, 0.5) is 11.4 Å². The van der Waals surface area contributed by atoms with Gasteiger partial charge in [-0.3, -0.25) is 9.59 Å². The van der Waals surface area contributed by atoms with Crippen LogP contribution in [0, 0.1) is 0 Å². The number of aromatic nitrogens is 1. The van der Waals surface area contributed by atoms with Crippen molar-refractivity contribution in [1.29, 1.82) is 0 Å². The van der Waals surface area contributed by atoms with E-state index in [4.69, 9.17) is 0 Å². The van der Waals surface area contributed by atoms with E-state index in [-0.39, 0.29) is 11.8 Å². The van der Waals surface area contributed by atoms with Crippen LogP contribution < -0.4 is 10.6 Å². The van der Waals surface area contributed by atoms with Crippen molar-refractivity contribution >= 4 is 34.1 Å². The first-order chi connectivity index (χ1) is 14.0. The molecule has 0 aliphatic heterocycles. The lowest BCUT2D eigenvalue weighted by atomic mass is 9.95. The Labute approximate surface area is 170 Å². The first-order valence-electron chi connectivity index (χ1n) is 9.99. The number of H-pyrrole nitrogens is 1. The number of aryl methyl sites for hydroxylation is 2. The molecule has 1 aliphatic rings. The molecular formula is C23H26N4O2. The third-order valence-corrected chi connectivity index (χ3v) is 5.26. The predicted molar refractivity (Wildman–Crippen MR) is 117 cm³/mol. The standard InChI is InChI=1S/C23H26N4O2/c1-27(2)14-21(28)24-15-10-12-16(13-11-15)25-23(29)19-8-5-7-18-17-6-3-4-9-20(17)26-22(18)19/h5,7-8,10-13,26H,3-4,6,9,14H2,1-2H3,(H,24,28)(H,25,29). The average Bonchev–Trinajstić information content (AvgIpc) is 3.07. The second-order valence-electron chi connectivity index (χ2n) is 7.83. The van der Waals surface area contributed by atoms with Gasteiger partial charge in [0.25, 0.3) is 5.91 Å². The first-order valence-corrected chi connectivity index (χ1v) is 9.99. The predicted octanol–water partition coefficient (Wildman–Crippen LogP) is 3.80. The number of amides is 2. The van der Waals surface area contributed by atoms with Crippen molar-refractivity contribution in [2.45, 2.75) is 25.7 Å². The van der Waals surface area contributed by atoms with Crippen LogP contribution in [-0.4, -0.2) is 42.3 Å². The Morgan fingerprint density at radius 2 is 1.66 bits per heavy atom. The number of hydrogen-bond donors (Lipinski definition) is 3. The molecule has 0 fully saturated rings. The van der Waals surface area contributed by atoms with Crippen molar-refractivity contribution in [3.8, 4) is 0 Å². The maximum Gasteiger partial charge on any atom is 0.257 e. The van der Waals surface area contributed by atoms with Crippen LogP contribution in [-0.2, 0) is 17.6 Å². The minimum atomic E-state index is -0.140. The minimum Gasteiger partial charge on any atom is -0.358 e. The van der Waals surface area contributed by atoms with E-state index >= 15 is 0 Å². The lowest BCUT2D eigenvalue weighted by Gasteiger charge is -2.11. The van der Waals surface area contributed by atoms with Crippen LogP contribution in [0.5, 0.6) is 0 Å². The maximum atomic E-state index is 12.9. The van der Waals surface area contributed by atoms with Crippen LogP contribution >= 0.6 is 0 Å². The Balaban J connectivity index is 1.50. The third kappa shape index (κ3) is 4.17. The monoisotopic (exact) mass is 390 g/mol. The van der Waals surface area contributed by atoms with Gasteiger partial charge in [-0.2, -0.15) is 0 Å². The van der Waals surface area contributed by atoms with E-state index in [1.165, 1.54) is 24.1 Å². The number of nitrogens with one attached hydrogen (secondary N) is 3. The second kappa shape index (κ2) is 8.09. The van der Waals surface area contributed by atoms with Crippen molar-refractivity contribution in [3.05, 3.63) is 59.3 Å².